The molecule has 32 heavy (non-hydrogen) atoms. The molecule has 0 aliphatic rings. The third-order valence-electron chi connectivity index (χ3n) is 4.83. The van der Waals surface area contributed by atoms with Gasteiger partial charge in [-0.3, -0.25) is 9.59 Å². The van der Waals surface area contributed by atoms with Crippen LogP contribution in [0.1, 0.15) is 18.1 Å². The molecule has 0 saturated heterocycles. The van der Waals surface area contributed by atoms with Crippen LogP contribution in [-0.4, -0.2) is 66.5 Å². The van der Waals surface area contributed by atoms with Crippen molar-refractivity contribution in [2.45, 2.75) is 26.1 Å². The number of aliphatic hydroxyl groups excluding tert-OH is 1. The largest absolute Gasteiger partial charge is 0.395 e. The zero-order valence-corrected chi connectivity index (χ0v) is 18.9. The minimum Gasteiger partial charge on any atom is -0.395 e. The van der Waals surface area contributed by atoms with Crippen molar-refractivity contribution < 1.29 is 27.5 Å². The molecule has 0 bridgehead atoms. The van der Waals surface area contributed by atoms with Crippen LogP contribution in [0, 0.1) is 5.82 Å². The third-order valence-corrected chi connectivity index (χ3v) is 6.02. The lowest BCUT2D eigenvalue weighted by atomic mass is 10.1. The first-order valence-electron chi connectivity index (χ1n) is 10.0. The van der Waals surface area contributed by atoms with Crippen LogP contribution in [0.4, 0.5) is 4.39 Å². The summed E-state index contributed by atoms with van der Waals surface area (Å²) >= 11 is 0. The number of hydrogen-bond donors (Lipinski definition) is 2. The molecule has 0 aliphatic heterocycles. The summed E-state index contributed by atoms with van der Waals surface area (Å²) in [4.78, 5) is 26.9. The van der Waals surface area contributed by atoms with Gasteiger partial charge in [0, 0.05) is 19.6 Å². The highest BCUT2D eigenvalue weighted by Crippen LogP contribution is 2.14. The fourth-order valence-corrected chi connectivity index (χ4v) is 3.74. The summed E-state index contributed by atoms with van der Waals surface area (Å²) in [6.45, 7) is 0.786. The van der Waals surface area contributed by atoms with E-state index in [0.29, 0.717) is 11.1 Å². The van der Waals surface area contributed by atoms with E-state index in [0.717, 1.165) is 10.6 Å². The number of carbonyl (C=O) groups is 2. The molecule has 174 valence electrons. The molecule has 2 N–H and O–H groups in total. The number of benzene rings is 2. The molecule has 0 aromatic heterocycles. The molecule has 0 radical (unpaired) electrons. The maximum absolute atomic E-state index is 13.3. The van der Waals surface area contributed by atoms with Crippen LogP contribution in [0.2, 0.25) is 0 Å². The number of sulfonamides is 1. The predicted molar refractivity (Wildman–Crippen MR) is 118 cm³/mol. The Morgan fingerprint density at radius 2 is 1.62 bits per heavy atom. The van der Waals surface area contributed by atoms with Crippen LogP contribution in [0.25, 0.3) is 0 Å². The molecule has 2 rings (SSSR count). The lowest BCUT2D eigenvalue weighted by Crippen LogP contribution is -2.51. The van der Waals surface area contributed by atoms with Gasteiger partial charge in [-0.2, -0.15) is 4.31 Å². The van der Waals surface area contributed by atoms with Gasteiger partial charge in [-0.15, -0.1) is 0 Å². The van der Waals surface area contributed by atoms with Crippen molar-refractivity contribution in [3.8, 4) is 0 Å². The smallest absolute Gasteiger partial charge is 0.242 e. The molecule has 0 unspecified atom stereocenters. The Labute approximate surface area is 187 Å². The van der Waals surface area contributed by atoms with E-state index in [-0.39, 0.29) is 26.2 Å². The van der Waals surface area contributed by atoms with Crippen LogP contribution in [0.3, 0.4) is 0 Å². The van der Waals surface area contributed by atoms with Gasteiger partial charge in [0.15, 0.2) is 0 Å². The number of aliphatic hydroxyl groups is 1. The van der Waals surface area contributed by atoms with E-state index < -0.39 is 40.2 Å². The SMILES string of the molecule is C[C@@H](C(=O)NCCO)N(Cc1ccc(F)cc1)C(=O)CN(Cc1ccccc1)S(C)(=O)=O. The van der Waals surface area contributed by atoms with Crippen LogP contribution in [0.5, 0.6) is 0 Å². The van der Waals surface area contributed by atoms with Gasteiger partial charge in [-0.25, -0.2) is 12.8 Å². The maximum Gasteiger partial charge on any atom is 0.242 e. The van der Waals surface area contributed by atoms with Crippen molar-refractivity contribution in [2.24, 2.45) is 0 Å². The molecule has 0 saturated carbocycles. The summed E-state index contributed by atoms with van der Waals surface area (Å²) in [5.41, 5.74) is 1.29. The summed E-state index contributed by atoms with van der Waals surface area (Å²) in [5.74, 6) is -1.52. The number of hydrogen-bond acceptors (Lipinski definition) is 5. The molecule has 2 amide bonds. The zero-order valence-electron chi connectivity index (χ0n) is 18.1. The minimum atomic E-state index is -3.73. The van der Waals surface area contributed by atoms with E-state index in [4.69, 9.17) is 5.11 Å². The second kappa shape index (κ2) is 11.7. The highest BCUT2D eigenvalue weighted by atomic mass is 32.2. The number of rotatable bonds is 11. The van der Waals surface area contributed by atoms with Gasteiger partial charge >= 0.3 is 0 Å². The quantitative estimate of drug-likeness (QED) is 0.517. The second-order valence-electron chi connectivity index (χ2n) is 7.36. The van der Waals surface area contributed by atoms with Crippen molar-refractivity contribution in [3.63, 3.8) is 0 Å². The van der Waals surface area contributed by atoms with Crippen molar-refractivity contribution in [1.82, 2.24) is 14.5 Å². The minimum absolute atomic E-state index is 0.000884. The van der Waals surface area contributed by atoms with Crippen LogP contribution < -0.4 is 5.32 Å². The lowest BCUT2D eigenvalue weighted by molar-refractivity contribution is -0.140. The van der Waals surface area contributed by atoms with E-state index in [9.17, 15) is 22.4 Å². The maximum atomic E-state index is 13.3. The van der Waals surface area contributed by atoms with Gasteiger partial charge in [0.2, 0.25) is 21.8 Å². The number of amides is 2. The fourth-order valence-electron chi connectivity index (χ4n) is 3.02. The lowest BCUT2D eigenvalue weighted by Gasteiger charge is -2.31. The van der Waals surface area contributed by atoms with Gasteiger partial charge in [0.25, 0.3) is 0 Å². The van der Waals surface area contributed by atoms with E-state index in [1.54, 1.807) is 30.3 Å². The third kappa shape index (κ3) is 7.70. The first-order valence-corrected chi connectivity index (χ1v) is 11.9. The Morgan fingerprint density at radius 1 is 1.03 bits per heavy atom. The van der Waals surface area contributed by atoms with Gasteiger partial charge in [-0.1, -0.05) is 42.5 Å². The predicted octanol–water partition coefficient (Wildman–Crippen LogP) is 1.11. The summed E-state index contributed by atoms with van der Waals surface area (Å²) in [7, 11) is -3.73. The molecule has 0 aliphatic carbocycles. The highest BCUT2D eigenvalue weighted by Gasteiger charge is 2.29. The highest BCUT2D eigenvalue weighted by molar-refractivity contribution is 7.88. The Balaban J connectivity index is 2.27. The molecule has 0 spiro atoms. The molecule has 2 aromatic carbocycles. The zero-order chi connectivity index (χ0) is 23.7. The topological polar surface area (TPSA) is 107 Å². The molecule has 0 fully saturated rings. The second-order valence-corrected chi connectivity index (χ2v) is 9.34. The summed E-state index contributed by atoms with van der Waals surface area (Å²) in [6, 6.07) is 13.4. The normalized spacial score (nSPS) is 12.4. The van der Waals surface area contributed by atoms with E-state index in [1.165, 1.54) is 36.1 Å². The molecular formula is C22H28FN3O5S. The first kappa shape index (κ1) is 25.4. The van der Waals surface area contributed by atoms with Crippen molar-refractivity contribution in [1.29, 1.82) is 0 Å². The number of carbonyl (C=O) groups excluding carboxylic acids is 2. The fraction of sp³-hybridized carbons (Fsp3) is 0.364. The standard InChI is InChI=1S/C22H28FN3O5S/c1-17(22(29)24-12-13-27)26(15-19-8-10-20(23)11-9-19)21(28)16-25(32(2,30)31)14-18-6-4-3-5-7-18/h3-11,17,27H,12-16H2,1-2H3,(H,24,29)/t17-/m0/s1. The summed E-state index contributed by atoms with van der Waals surface area (Å²) in [5, 5.41) is 11.5. The Kier molecular flexibility index (Phi) is 9.30. The first-order chi connectivity index (χ1) is 15.1. The molecule has 2 aromatic rings. The van der Waals surface area contributed by atoms with E-state index in [2.05, 4.69) is 5.32 Å². The van der Waals surface area contributed by atoms with Crippen LogP contribution in [0.15, 0.2) is 54.6 Å². The Hall–Kier alpha value is -2.82. The van der Waals surface area contributed by atoms with E-state index >= 15 is 0 Å². The molecule has 0 heterocycles. The molecule has 8 nitrogen and oxygen atoms in total. The number of nitrogens with one attached hydrogen (secondary N) is 1. The number of halogens is 1. The summed E-state index contributed by atoms with van der Waals surface area (Å²) in [6.07, 6.45) is 1.02. The van der Waals surface area contributed by atoms with Crippen molar-refractivity contribution >= 4 is 21.8 Å². The average molecular weight is 466 g/mol. The Morgan fingerprint density at radius 3 is 2.19 bits per heavy atom. The summed E-state index contributed by atoms with van der Waals surface area (Å²) < 4.78 is 39.0. The average Bonchev–Trinajstić information content (AvgIpc) is 2.76. The van der Waals surface area contributed by atoms with Crippen LogP contribution in [-0.2, 0) is 32.7 Å². The van der Waals surface area contributed by atoms with Gasteiger partial charge in [0.1, 0.15) is 11.9 Å². The van der Waals surface area contributed by atoms with Crippen molar-refractivity contribution in [2.75, 3.05) is 26.0 Å². The molecule has 1 atom stereocenters. The molecule has 10 heteroatoms. The number of nitrogens with zero attached hydrogens (tertiary/aromatic N) is 2. The molecular weight excluding hydrogens is 437 g/mol. The van der Waals surface area contributed by atoms with Gasteiger partial charge in [-0.05, 0) is 30.2 Å². The monoisotopic (exact) mass is 465 g/mol. The van der Waals surface area contributed by atoms with Gasteiger partial charge in [0.05, 0.1) is 19.4 Å². The van der Waals surface area contributed by atoms with Gasteiger partial charge < -0.3 is 15.3 Å². The van der Waals surface area contributed by atoms with Crippen molar-refractivity contribution in [3.05, 3.63) is 71.5 Å². The van der Waals surface area contributed by atoms with Crippen LogP contribution >= 0.6 is 0 Å². The van der Waals surface area contributed by atoms with E-state index in [1.807, 2.05) is 0 Å². The Bertz CT molecular complexity index is 1000.